The van der Waals surface area contributed by atoms with E-state index in [0.29, 0.717) is 39.6 Å². The first kappa shape index (κ1) is 118. The molecule has 5 aliphatic heterocycles. The molecule has 28 heteroatoms. The SMILES string of the molecule is C=CCON=C(c1ccc(N2CCOCC2)cc1)C(C)(C)N1CCOCC1.C=CCON=C(c1ccc(OC)cc1)C(C)(C)N(C)C.C=CCON=C(c1ccc(SC)cc1)C(C)(C)N1CCOCC1.CCCCON=C(c1ccc(SC)cc1)C(C)(C)N1CCOCC1.CN(C)C(C)(C)C(=NOCc1ccccc1)c1ccccc1.CSc1ccc(C(=NOCc2ccccc2)C(C)(C)N2CCOCC2)cc1. The molecule has 25 nitrogen and oxygen atoms in total. The summed E-state index contributed by atoms with van der Waals surface area (Å²) in [5.41, 5.74) is 14.1. The summed E-state index contributed by atoms with van der Waals surface area (Å²) in [6.07, 6.45) is 13.5. The van der Waals surface area contributed by atoms with E-state index in [1.165, 1.54) is 20.4 Å². The van der Waals surface area contributed by atoms with Gasteiger partial charge in [-0.25, -0.2) is 0 Å². The molecular formula is C115H163N13O12S3. The van der Waals surface area contributed by atoms with E-state index in [1.54, 1.807) is 60.6 Å². The van der Waals surface area contributed by atoms with E-state index in [4.69, 9.17) is 57.4 Å². The number of nitrogens with zero attached hydrogens (tertiary/aromatic N) is 13. The number of anilines is 1. The van der Waals surface area contributed by atoms with Crippen molar-refractivity contribution in [3.05, 3.63) is 295 Å². The lowest BCUT2D eigenvalue weighted by molar-refractivity contribution is 0.00862. The third kappa shape index (κ3) is 37.2. The van der Waals surface area contributed by atoms with Crippen LogP contribution in [0.4, 0.5) is 5.69 Å². The van der Waals surface area contributed by atoms with Crippen molar-refractivity contribution in [3.8, 4) is 5.75 Å². The Kier molecular flexibility index (Phi) is 51.4. The van der Waals surface area contributed by atoms with Crippen LogP contribution in [0, 0.1) is 0 Å². The maximum absolute atomic E-state index is 5.79. The number of hydrogen-bond donors (Lipinski definition) is 0. The van der Waals surface area contributed by atoms with Gasteiger partial charge < -0.3 is 62.3 Å². The minimum absolute atomic E-state index is 0.198. The largest absolute Gasteiger partial charge is 0.497 e. The van der Waals surface area contributed by atoms with E-state index in [0.717, 1.165) is 229 Å². The third-order valence-electron chi connectivity index (χ3n) is 26.2. The maximum Gasteiger partial charge on any atom is 0.142 e. The second-order valence-corrected chi connectivity index (χ2v) is 40.7. The number of unbranched alkanes of at least 4 members (excludes halogenated alkanes) is 1. The van der Waals surface area contributed by atoms with Crippen molar-refractivity contribution in [2.45, 2.75) is 164 Å². The predicted molar refractivity (Wildman–Crippen MR) is 596 cm³/mol. The molecule has 13 rings (SSSR count). The minimum atomic E-state index is -0.259. The summed E-state index contributed by atoms with van der Waals surface area (Å²) in [4.78, 5) is 53.3. The monoisotopic (exact) mass is 2010 g/mol. The Bertz CT molecular complexity index is 5150. The van der Waals surface area contributed by atoms with Gasteiger partial charge in [-0.2, -0.15) is 0 Å². The second-order valence-electron chi connectivity index (χ2n) is 38.1. The van der Waals surface area contributed by atoms with Gasteiger partial charge in [0, 0.05) is 119 Å². The van der Waals surface area contributed by atoms with Gasteiger partial charge in [0.2, 0.25) is 0 Å². The molecule has 8 aromatic rings. The van der Waals surface area contributed by atoms with Gasteiger partial charge in [-0.15, -0.1) is 35.3 Å². The molecule has 0 spiro atoms. The molecule has 0 aromatic heterocycles. The molecular weight excluding hydrogens is 1850 g/mol. The summed E-state index contributed by atoms with van der Waals surface area (Å²) in [5.74, 6) is 0.822. The van der Waals surface area contributed by atoms with Crippen LogP contribution in [0.1, 0.15) is 147 Å². The molecule has 5 fully saturated rings. The van der Waals surface area contributed by atoms with Gasteiger partial charge in [-0.3, -0.25) is 29.4 Å². The molecule has 8 aromatic carbocycles. The zero-order valence-corrected chi connectivity index (χ0v) is 91.7. The smallest absolute Gasteiger partial charge is 0.142 e. The summed E-state index contributed by atoms with van der Waals surface area (Å²) in [5, 5.41) is 26.9. The Morgan fingerprint density at radius 1 is 0.329 bits per heavy atom. The third-order valence-corrected chi connectivity index (χ3v) is 28.4. The molecule has 0 atom stereocenters. The number of rotatable bonds is 42. The Morgan fingerprint density at radius 3 is 0.867 bits per heavy atom. The molecule has 5 aliphatic rings. The van der Waals surface area contributed by atoms with Crippen molar-refractivity contribution in [3.63, 3.8) is 0 Å². The minimum Gasteiger partial charge on any atom is -0.497 e. The number of oxime groups is 6. The molecule has 0 saturated carbocycles. The fourth-order valence-corrected chi connectivity index (χ4v) is 17.4. The van der Waals surface area contributed by atoms with Crippen LogP contribution in [0.2, 0.25) is 0 Å². The summed E-state index contributed by atoms with van der Waals surface area (Å²) in [7, 11) is 9.80. The first-order valence-corrected chi connectivity index (χ1v) is 53.4. The van der Waals surface area contributed by atoms with Gasteiger partial charge in [-0.1, -0.05) is 222 Å². The van der Waals surface area contributed by atoms with Crippen molar-refractivity contribution in [1.82, 2.24) is 29.4 Å². The van der Waals surface area contributed by atoms with Gasteiger partial charge in [0.15, 0.2) is 0 Å². The number of ether oxygens (including phenoxy) is 6. The lowest BCUT2D eigenvalue weighted by Gasteiger charge is -2.41. The Morgan fingerprint density at radius 2 is 0.580 bits per heavy atom. The lowest BCUT2D eigenvalue weighted by Crippen LogP contribution is -2.54. The molecule has 143 heavy (non-hydrogen) atoms. The Hall–Kier alpha value is -9.99. The van der Waals surface area contributed by atoms with Crippen LogP contribution in [0.15, 0.2) is 296 Å². The van der Waals surface area contributed by atoms with Crippen molar-refractivity contribution >= 4 is 75.2 Å². The molecule has 0 aliphatic carbocycles. The first-order chi connectivity index (χ1) is 68.9. The number of benzene rings is 8. The zero-order valence-electron chi connectivity index (χ0n) is 89.3. The number of morpholine rings is 5. The van der Waals surface area contributed by atoms with E-state index in [1.807, 2.05) is 105 Å². The lowest BCUT2D eigenvalue weighted by atomic mass is 9.89. The molecule has 0 unspecified atom stereocenters. The van der Waals surface area contributed by atoms with E-state index in [-0.39, 0.29) is 33.2 Å². The fraction of sp³-hybridized carbons (Fsp3) is 0.478. The first-order valence-electron chi connectivity index (χ1n) is 49.7. The second kappa shape index (κ2) is 62.1. The van der Waals surface area contributed by atoms with Crippen LogP contribution < -0.4 is 9.64 Å². The predicted octanol–water partition coefficient (Wildman–Crippen LogP) is 21.3. The summed E-state index contributed by atoms with van der Waals surface area (Å²) in [6, 6.07) is 72.5. The van der Waals surface area contributed by atoms with Crippen LogP contribution >= 0.6 is 35.3 Å². The standard InChI is InChI=1S/C22H28N2O2S.C21H31N3O3.C19H30N2O2S.C19H24N2O.C18H26N2O2S.C16H24N2O2/c1-22(2,24-13-15-25-16-14-24)21(19-9-11-20(27-3)12-10-19)23-26-17-18-7-5-4-6-8-18;1-4-13-27-22-20(21(2,3)24-11-16-26-17-12-24)18-5-7-19(8-6-18)23-9-14-25-15-10-23;1-5-6-13-23-20-18(16-7-9-17(24-4)10-8-16)19(2,3)21-11-14-22-15-12-21;1-19(2,21(3)4)18(17-13-9-6-10-14-17)20-22-15-16-11-7-5-8-12-16;1-5-12-22-19-17(15-6-8-16(23-4)9-7-15)18(2,3)20-10-13-21-14-11-20;1-7-12-20-17-15(16(2,3)18(4)5)13-8-10-14(19-6)11-9-13/h4-12H,13-17H2,1-3H3;4-8H,1,9-17H2,2-3H3;7-10H,5-6,11-15H2,1-4H3;5-14H,15H2,1-4H3;5-9H,1,10-14H2,2-4H3;7-11H,1,12H2,2-6H3. The van der Waals surface area contributed by atoms with Gasteiger partial charge in [0.05, 0.1) is 106 Å². The number of likely N-dealkylation sites (N-methyl/N-ethyl adjacent to an activating group) is 2. The highest BCUT2D eigenvalue weighted by Crippen LogP contribution is 2.33. The van der Waals surface area contributed by atoms with Crippen LogP contribution in [-0.4, -0.2) is 309 Å². The summed E-state index contributed by atoms with van der Waals surface area (Å²) < 4.78 is 32.7. The summed E-state index contributed by atoms with van der Waals surface area (Å²) >= 11 is 5.23. The quantitative estimate of drug-likeness (QED) is 0.0115. The molecule has 778 valence electrons. The van der Waals surface area contributed by atoms with Crippen molar-refractivity contribution in [2.24, 2.45) is 30.9 Å². The van der Waals surface area contributed by atoms with Crippen LogP contribution in [0.25, 0.3) is 0 Å². The average molecular weight is 2020 g/mol. The van der Waals surface area contributed by atoms with Crippen molar-refractivity contribution in [2.75, 3.05) is 217 Å². The molecule has 0 radical (unpaired) electrons. The number of methoxy groups -OCH3 is 1. The van der Waals surface area contributed by atoms with Crippen molar-refractivity contribution in [1.29, 1.82) is 0 Å². The molecule has 5 heterocycles. The Labute approximate surface area is 868 Å². The maximum atomic E-state index is 5.79. The highest BCUT2D eigenvalue weighted by atomic mass is 32.2. The zero-order chi connectivity index (χ0) is 104. The molecule has 0 bridgehead atoms. The highest BCUT2D eigenvalue weighted by Gasteiger charge is 2.40. The average Bonchev–Trinajstić information content (AvgIpc) is 0.806. The van der Waals surface area contributed by atoms with Crippen LogP contribution in [0.5, 0.6) is 5.75 Å². The van der Waals surface area contributed by atoms with E-state index >= 15 is 0 Å². The van der Waals surface area contributed by atoms with Gasteiger partial charge in [0.1, 0.15) is 79.7 Å². The normalized spacial score (nSPS) is 16.1. The molecule has 5 saturated heterocycles. The Balaban J connectivity index is 0.000000210. The van der Waals surface area contributed by atoms with Crippen LogP contribution in [-0.2, 0) is 65.9 Å². The number of thioether (sulfide) groups is 3. The highest BCUT2D eigenvalue weighted by molar-refractivity contribution is 7.99. The number of hydrogen-bond acceptors (Lipinski definition) is 28. The van der Waals surface area contributed by atoms with Crippen LogP contribution in [0.3, 0.4) is 0 Å². The van der Waals surface area contributed by atoms with Gasteiger partial charge in [-0.05, 0) is 220 Å². The van der Waals surface area contributed by atoms with Gasteiger partial charge in [0.25, 0.3) is 0 Å². The van der Waals surface area contributed by atoms with E-state index in [2.05, 4.69) is 329 Å². The fourth-order valence-electron chi connectivity index (χ4n) is 16.1. The summed E-state index contributed by atoms with van der Waals surface area (Å²) in [6.45, 7) is 58.9. The topological polar surface area (TPSA) is 208 Å². The molecule has 0 amide bonds. The van der Waals surface area contributed by atoms with E-state index < -0.39 is 0 Å². The van der Waals surface area contributed by atoms with E-state index in [9.17, 15) is 0 Å². The van der Waals surface area contributed by atoms with Gasteiger partial charge >= 0.3 is 0 Å². The van der Waals surface area contributed by atoms with Crippen molar-refractivity contribution < 1.29 is 57.4 Å². The molecule has 0 N–H and O–H groups in total.